The normalized spacial score (nSPS) is 15.2. The van der Waals surface area contributed by atoms with Gasteiger partial charge in [0, 0.05) is 17.9 Å². The monoisotopic (exact) mass is 446 g/mol. The molecule has 32 heavy (non-hydrogen) atoms. The predicted octanol–water partition coefficient (Wildman–Crippen LogP) is 5.02. The molecule has 1 aliphatic heterocycles. The highest BCUT2D eigenvalue weighted by atomic mass is 32.2. The van der Waals surface area contributed by atoms with Gasteiger partial charge in [-0.3, -0.25) is 9.69 Å². The zero-order valence-corrected chi connectivity index (χ0v) is 18.6. The molecule has 1 saturated heterocycles. The lowest BCUT2D eigenvalue weighted by Gasteiger charge is -2.26. The second-order valence-corrected chi connectivity index (χ2v) is 8.99. The average molecular weight is 447 g/mol. The number of hydrogen-bond acceptors (Lipinski definition) is 5. The maximum atomic E-state index is 12.7. The third-order valence-electron chi connectivity index (χ3n) is 5.87. The Kier molecular flexibility index (Phi) is 6.27. The van der Waals surface area contributed by atoms with E-state index in [1.807, 2.05) is 60.7 Å². The molecule has 164 valence electrons. The van der Waals surface area contributed by atoms with Gasteiger partial charge in [-0.05, 0) is 67.9 Å². The van der Waals surface area contributed by atoms with Crippen molar-refractivity contribution in [3.8, 4) is 0 Å². The second-order valence-electron chi connectivity index (χ2n) is 8.03. The summed E-state index contributed by atoms with van der Waals surface area (Å²) in [6.07, 6.45) is 4.08. The lowest BCUT2D eigenvalue weighted by atomic mass is 10.1. The summed E-state index contributed by atoms with van der Waals surface area (Å²) in [6.45, 7) is 2.62. The Morgan fingerprint density at radius 1 is 1.09 bits per heavy atom. The van der Waals surface area contributed by atoms with Crippen molar-refractivity contribution in [3.05, 3.63) is 83.8 Å². The first-order chi connectivity index (χ1) is 15.8. The minimum atomic E-state index is -0.0581. The quantitative estimate of drug-likeness (QED) is 0.372. The van der Waals surface area contributed by atoms with E-state index >= 15 is 0 Å². The molecule has 0 aliphatic carbocycles. The van der Waals surface area contributed by atoms with Crippen molar-refractivity contribution >= 4 is 28.7 Å². The van der Waals surface area contributed by atoms with Gasteiger partial charge in [-0.15, -0.1) is 0 Å². The highest BCUT2D eigenvalue weighted by Gasteiger charge is 2.26. The fourth-order valence-corrected chi connectivity index (χ4v) is 4.98. The molecule has 0 saturated carbocycles. The number of rotatable bonds is 8. The van der Waals surface area contributed by atoms with Crippen LogP contribution in [0.5, 0.6) is 0 Å². The highest BCUT2D eigenvalue weighted by Crippen LogP contribution is 2.25. The Morgan fingerprint density at radius 3 is 2.66 bits per heavy atom. The number of para-hydroxylation sites is 2. The van der Waals surface area contributed by atoms with Crippen molar-refractivity contribution in [2.45, 2.75) is 29.8 Å². The summed E-state index contributed by atoms with van der Waals surface area (Å²) in [6, 6.07) is 19.8. The number of aromatic amines is 1. The molecule has 4 aromatic rings. The van der Waals surface area contributed by atoms with Crippen LogP contribution >= 0.6 is 11.8 Å². The van der Waals surface area contributed by atoms with Crippen molar-refractivity contribution in [2.24, 2.45) is 0 Å². The van der Waals surface area contributed by atoms with Gasteiger partial charge in [0.25, 0.3) is 5.91 Å². The number of nitrogens with one attached hydrogen (secondary N) is 2. The summed E-state index contributed by atoms with van der Waals surface area (Å²) in [4.78, 5) is 23.1. The third kappa shape index (κ3) is 4.74. The molecule has 7 heteroatoms. The van der Waals surface area contributed by atoms with Crippen molar-refractivity contribution in [3.63, 3.8) is 0 Å². The number of carbonyl (C=O) groups excluding carboxylic acids is 1. The number of thioether (sulfide) groups is 1. The van der Waals surface area contributed by atoms with Crippen LogP contribution in [0.4, 0.5) is 0 Å². The lowest BCUT2D eigenvalue weighted by molar-refractivity contribution is 0.0934. The van der Waals surface area contributed by atoms with Crippen LogP contribution in [0.2, 0.25) is 0 Å². The maximum Gasteiger partial charge on any atom is 0.251 e. The molecule has 0 spiro atoms. The predicted molar refractivity (Wildman–Crippen MR) is 127 cm³/mol. The van der Waals surface area contributed by atoms with Crippen LogP contribution in [-0.4, -0.2) is 40.4 Å². The molecule has 1 amide bonds. The van der Waals surface area contributed by atoms with Gasteiger partial charge in [-0.25, -0.2) is 4.98 Å². The minimum Gasteiger partial charge on any atom is -0.468 e. The molecule has 1 aliphatic rings. The van der Waals surface area contributed by atoms with Crippen LogP contribution in [0, 0.1) is 0 Å². The van der Waals surface area contributed by atoms with Crippen LogP contribution in [0.15, 0.2) is 76.5 Å². The third-order valence-corrected chi connectivity index (χ3v) is 6.81. The second kappa shape index (κ2) is 9.63. The fourth-order valence-electron chi connectivity index (χ4n) is 4.14. The van der Waals surface area contributed by atoms with E-state index in [1.165, 1.54) is 12.8 Å². The molecule has 1 fully saturated rings. The average Bonchev–Trinajstić information content (AvgIpc) is 3.60. The summed E-state index contributed by atoms with van der Waals surface area (Å²) in [5.74, 6) is 1.64. The van der Waals surface area contributed by atoms with Gasteiger partial charge in [0.05, 0.1) is 23.3 Å². The van der Waals surface area contributed by atoms with Crippen LogP contribution in [0.25, 0.3) is 11.0 Å². The Bertz CT molecular complexity index is 1130. The number of amides is 1. The Morgan fingerprint density at radius 2 is 1.91 bits per heavy atom. The number of hydrogen-bond donors (Lipinski definition) is 2. The number of benzene rings is 2. The summed E-state index contributed by atoms with van der Waals surface area (Å²) in [5, 5.41) is 4.00. The van der Waals surface area contributed by atoms with Gasteiger partial charge in [-0.1, -0.05) is 36.0 Å². The number of nitrogens with zero attached hydrogens (tertiary/aromatic N) is 2. The molecule has 1 unspecified atom stereocenters. The van der Waals surface area contributed by atoms with Gasteiger partial charge in [0.15, 0.2) is 5.16 Å². The van der Waals surface area contributed by atoms with Gasteiger partial charge < -0.3 is 14.7 Å². The van der Waals surface area contributed by atoms with E-state index in [2.05, 4.69) is 20.2 Å². The number of aromatic nitrogens is 2. The fraction of sp³-hybridized carbons (Fsp3) is 0.280. The number of imidazole rings is 1. The van der Waals surface area contributed by atoms with Gasteiger partial charge >= 0.3 is 0 Å². The molecule has 5 rings (SSSR count). The molecule has 0 bridgehead atoms. The van der Waals surface area contributed by atoms with E-state index in [4.69, 9.17) is 4.42 Å². The molecule has 6 nitrogen and oxygen atoms in total. The highest BCUT2D eigenvalue weighted by molar-refractivity contribution is 7.98. The van der Waals surface area contributed by atoms with Crippen LogP contribution in [-0.2, 0) is 5.75 Å². The maximum absolute atomic E-state index is 12.7. The van der Waals surface area contributed by atoms with Gasteiger partial charge in [0.2, 0.25) is 0 Å². The summed E-state index contributed by atoms with van der Waals surface area (Å²) >= 11 is 1.66. The first-order valence-corrected chi connectivity index (χ1v) is 12.0. The molecule has 0 radical (unpaired) electrons. The molecule has 3 heterocycles. The topological polar surface area (TPSA) is 74.2 Å². The number of likely N-dealkylation sites (tertiary alicyclic amines) is 1. The zero-order valence-electron chi connectivity index (χ0n) is 17.8. The minimum absolute atomic E-state index is 0.0581. The van der Waals surface area contributed by atoms with Crippen LogP contribution in [0.3, 0.4) is 0 Å². The molecular weight excluding hydrogens is 420 g/mol. The van der Waals surface area contributed by atoms with Gasteiger partial charge in [-0.2, -0.15) is 0 Å². The SMILES string of the molecule is O=C(NCC(c1ccco1)N1CCCC1)c1ccc(CSc2nc3ccccc3[nH]2)cc1. The first-order valence-electron chi connectivity index (χ1n) is 11.0. The van der Waals surface area contributed by atoms with E-state index in [9.17, 15) is 4.79 Å². The molecule has 1 atom stereocenters. The zero-order chi connectivity index (χ0) is 21.8. The Balaban J connectivity index is 1.17. The lowest BCUT2D eigenvalue weighted by Crippen LogP contribution is -2.36. The number of fused-ring (bicyclic) bond motifs is 1. The standard InChI is InChI=1S/C25H26N4O2S/c30-24(26-16-22(23-8-5-15-31-23)29-13-3-4-14-29)19-11-9-18(10-12-19)17-32-25-27-20-6-1-2-7-21(20)28-25/h1-2,5-12,15,22H,3-4,13-14,16-17H2,(H,26,30)(H,27,28). The van der Waals surface area contributed by atoms with E-state index in [0.717, 1.165) is 46.4 Å². The smallest absolute Gasteiger partial charge is 0.251 e. The van der Waals surface area contributed by atoms with Crippen LogP contribution < -0.4 is 5.32 Å². The van der Waals surface area contributed by atoms with Crippen molar-refractivity contribution in [1.82, 2.24) is 20.2 Å². The number of furan rings is 1. The Hall–Kier alpha value is -3.03. The number of carbonyl (C=O) groups is 1. The van der Waals surface area contributed by atoms with Crippen molar-refractivity contribution in [1.29, 1.82) is 0 Å². The summed E-state index contributed by atoms with van der Waals surface area (Å²) in [5.41, 5.74) is 3.84. The molecule has 2 aromatic heterocycles. The van der Waals surface area contributed by atoms with Crippen LogP contribution in [0.1, 0.15) is 40.6 Å². The Labute approximate surface area is 191 Å². The largest absolute Gasteiger partial charge is 0.468 e. The van der Waals surface area contributed by atoms with E-state index in [-0.39, 0.29) is 11.9 Å². The van der Waals surface area contributed by atoms with E-state index in [1.54, 1.807) is 18.0 Å². The van der Waals surface area contributed by atoms with Gasteiger partial charge in [0.1, 0.15) is 5.76 Å². The summed E-state index contributed by atoms with van der Waals surface area (Å²) in [7, 11) is 0. The first kappa shape index (κ1) is 20.8. The molecular formula is C25H26N4O2S. The molecule has 2 aromatic carbocycles. The van der Waals surface area contributed by atoms with Crippen molar-refractivity contribution in [2.75, 3.05) is 19.6 Å². The van der Waals surface area contributed by atoms with E-state index in [0.29, 0.717) is 12.1 Å². The van der Waals surface area contributed by atoms with Crippen molar-refractivity contribution < 1.29 is 9.21 Å². The van der Waals surface area contributed by atoms with E-state index < -0.39 is 0 Å². The molecule has 2 N–H and O–H groups in total. The number of H-pyrrole nitrogens is 1. The summed E-state index contributed by atoms with van der Waals surface area (Å²) < 4.78 is 5.64.